The zero-order chi connectivity index (χ0) is 18.8. The molecule has 1 saturated heterocycles. The lowest BCUT2D eigenvalue weighted by Gasteiger charge is -2.33. The van der Waals surface area contributed by atoms with Crippen LogP contribution in [0.25, 0.3) is 17.2 Å². The minimum absolute atomic E-state index is 0.307. The molecule has 1 fully saturated rings. The molecule has 1 aliphatic heterocycles. The fourth-order valence-electron chi connectivity index (χ4n) is 3.58. The average molecular weight is 373 g/mol. The molecule has 27 heavy (non-hydrogen) atoms. The second kappa shape index (κ2) is 7.51. The van der Waals surface area contributed by atoms with E-state index in [-0.39, 0.29) is 5.69 Å². The molecule has 0 aliphatic carbocycles. The Bertz CT molecular complexity index is 925. The second-order valence-corrected chi connectivity index (χ2v) is 6.75. The molecule has 0 saturated carbocycles. The smallest absolute Gasteiger partial charge is 0.281 e. The van der Waals surface area contributed by atoms with E-state index in [1.165, 1.54) is 18.8 Å². The third-order valence-corrected chi connectivity index (χ3v) is 4.93. The number of nitrogens with zero attached hydrogens (tertiary/aromatic N) is 6. The van der Waals surface area contributed by atoms with Crippen molar-refractivity contribution in [1.29, 1.82) is 0 Å². The zero-order valence-corrected chi connectivity index (χ0v) is 14.8. The second-order valence-electron chi connectivity index (χ2n) is 6.75. The van der Waals surface area contributed by atoms with Gasteiger partial charge in [0.05, 0.1) is 12.4 Å². The molecule has 142 valence electrons. The predicted octanol–water partition coefficient (Wildman–Crippen LogP) is 2.69. The van der Waals surface area contributed by atoms with E-state index in [2.05, 4.69) is 24.8 Å². The van der Waals surface area contributed by atoms with Gasteiger partial charge in [0, 0.05) is 25.5 Å². The van der Waals surface area contributed by atoms with Gasteiger partial charge >= 0.3 is 0 Å². The van der Waals surface area contributed by atoms with Crippen molar-refractivity contribution in [2.75, 3.05) is 24.5 Å². The molecule has 0 spiro atoms. The van der Waals surface area contributed by atoms with Gasteiger partial charge in [0.25, 0.3) is 6.43 Å². The average Bonchev–Trinajstić information content (AvgIpc) is 3.12. The van der Waals surface area contributed by atoms with Crippen LogP contribution in [0.4, 0.5) is 14.6 Å². The Labute approximate surface area is 155 Å². The number of nitrogens with two attached hydrogens (primary N) is 1. The minimum Gasteiger partial charge on any atom is -0.356 e. The summed E-state index contributed by atoms with van der Waals surface area (Å²) < 4.78 is 27.6. The van der Waals surface area contributed by atoms with Crippen molar-refractivity contribution >= 4 is 11.5 Å². The first-order chi connectivity index (χ1) is 13.2. The number of alkyl halides is 2. The van der Waals surface area contributed by atoms with E-state index in [0.717, 1.165) is 31.7 Å². The Morgan fingerprint density at radius 2 is 2.11 bits per heavy atom. The van der Waals surface area contributed by atoms with Crippen LogP contribution in [0.15, 0.2) is 30.9 Å². The van der Waals surface area contributed by atoms with E-state index in [1.807, 2.05) is 6.07 Å². The van der Waals surface area contributed by atoms with Gasteiger partial charge in [0.1, 0.15) is 17.2 Å². The lowest BCUT2D eigenvalue weighted by atomic mass is 9.95. The highest BCUT2D eigenvalue weighted by atomic mass is 19.3. The molecule has 0 amide bonds. The summed E-state index contributed by atoms with van der Waals surface area (Å²) in [5.41, 5.74) is 6.44. The number of rotatable bonds is 5. The summed E-state index contributed by atoms with van der Waals surface area (Å²) in [5, 5.41) is 0. The predicted molar refractivity (Wildman–Crippen MR) is 97.6 cm³/mol. The number of halogens is 2. The molecule has 1 unspecified atom stereocenters. The summed E-state index contributed by atoms with van der Waals surface area (Å²) in [6, 6.07) is 1.88. The van der Waals surface area contributed by atoms with Crippen LogP contribution < -0.4 is 10.6 Å². The van der Waals surface area contributed by atoms with Crippen LogP contribution in [-0.4, -0.2) is 44.0 Å². The van der Waals surface area contributed by atoms with Crippen molar-refractivity contribution in [2.45, 2.75) is 25.7 Å². The van der Waals surface area contributed by atoms with Gasteiger partial charge in [-0.05, 0) is 37.8 Å². The Morgan fingerprint density at radius 1 is 1.22 bits per heavy atom. The van der Waals surface area contributed by atoms with E-state index in [9.17, 15) is 8.78 Å². The van der Waals surface area contributed by atoms with Crippen LogP contribution in [0.5, 0.6) is 0 Å². The number of imidazole rings is 1. The Kier molecular flexibility index (Phi) is 4.93. The molecule has 9 heteroatoms. The SMILES string of the molecule is NCCC1CCCN(c2ccnc(-c3cnc4cnc(C(F)F)cn34)n2)C1. The van der Waals surface area contributed by atoms with Gasteiger partial charge in [0.15, 0.2) is 11.5 Å². The first-order valence-corrected chi connectivity index (χ1v) is 9.05. The zero-order valence-electron chi connectivity index (χ0n) is 14.8. The first-order valence-electron chi connectivity index (χ1n) is 9.05. The van der Waals surface area contributed by atoms with Crippen molar-refractivity contribution in [3.05, 3.63) is 36.5 Å². The number of anilines is 1. The molecule has 4 rings (SSSR count). The Balaban J connectivity index is 1.66. The highest BCUT2D eigenvalue weighted by molar-refractivity contribution is 5.58. The number of piperidine rings is 1. The minimum atomic E-state index is -2.65. The van der Waals surface area contributed by atoms with Crippen molar-refractivity contribution in [3.8, 4) is 11.5 Å². The topological polar surface area (TPSA) is 85.2 Å². The fraction of sp³-hybridized carbons (Fsp3) is 0.444. The van der Waals surface area contributed by atoms with Gasteiger partial charge in [-0.15, -0.1) is 0 Å². The third kappa shape index (κ3) is 3.59. The molecule has 0 radical (unpaired) electrons. The molecule has 7 nitrogen and oxygen atoms in total. The van der Waals surface area contributed by atoms with E-state index < -0.39 is 6.43 Å². The Morgan fingerprint density at radius 3 is 2.93 bits per heavy atom. The fourth-order valence-corrected chi connectivity index (χ4v) is 3.58. The van der Waals surface area contributed by atoms with Crippen molar-refractivity contribution in [3.63, 3.8) is 0 Å². The lowest BCUT2D eigenvalue weighted by molar-refractivity contribution is 0.145. The highest BCUT2D eigenvalue weighted by Gasteiger charge is 2.21. The maximum absolute atomic E-state index is 13.0. The molecular formula is C18H21F2N7. The van der Waals surface area contributed by atoms with Gasteiger partial charge < -0.3 is 10.6 Å². The monoisotopic (exact) mass is 373 g/mol. The first kappa shape index (κ1) is 17.7. The summed E-state index contributed by atoms with van der Waals surface area (Å²) in [4.78, 5) is 19.2. The lowest BCUT2D eigenvalue weighted by Crippen LogP contribution is -2.36. The van der Waals surface area contributed by atoms with Crippen molar-refractivity contribution in [2.24, 2.45) is 11.7 Å². The third-order valence-electron chi connectivity index (χ3n) is 4.93. The van der Waals surface area contributed by atoms with E-state index in [0.29, 0.717) is 29.6 Å². The van der Waals surface area contributed by atoms with E-state index in [1.54, 1.807) is 16.8 Å². The van der Waals surface area contributed by atoms with Gasteiger partial charge in [-0.3, -0.25) is 4.40 Å². The summed E-state index contributed by atoms with van der Waals surface area (Å²) in [6.07, 6.45) is 6.53. The quantitative estimate of drug-likeness (QED) is 0.740. The van der Waals surface area contributed by atoms with Crippen LogP contribution >= 0.6 is 0 Å². The number of hydrogen-bond donors (Lipinski definition) is 1. The van der Waals surface area contributed by atoms with E-state index >= 15 is 0 Å². The molecule has 0 aromatic carbocycles. The maximum atomic E-state index is 13.0. The van der Waals surface area contributed by atoms with Crippen LogP contribution in [0.1, 0.15) is 31.4 Å². The highest BCUT2D eigenvalue weighted by Crippen LogP contribution is 2.26. The van der Waals surface area contributed by atoms with Gasteiger partial charge in [-0.1, -0.05) is 0 Å². The number of hydrogen-bond acceptors (Lipinski definition) is 6. The molecule has 3 aromatic heterocycles. The molecule has 0 bridgehead atoms. The molecule has 1 atom stereocenters. The van der Waals surface area contributed by atoms with Gasteiger partial charge in [-0.2, -0.15) is 0 Å². The molecule has 2 N–H and O–H groups in total. The van der Waals surface area contributed by atoms with Crippen LogP contribution in [0, 0.1) is 5.92 Å². The van der Waals surface area contributed by atoms with Crippen LogP contribution in [-0.2, 0) is 0 Å². The normalized spacial score (nSPS) is 17.8. The number of fused-ring (bicyclic) bond motifs is 1. The molecule has 3 aromatic rings. The molecular weight excluding hydrogens is 352 g/mol. The summed E-state index contributed by atoms with van der Waals surface area (Å²) in [5.74, 6) is 1.85. The summed E-state index contributed by atoms with van der Waals surface area (Å²) >= 11 is 0. The van der Waals surface area contributed by atoms with Crippen molar-refractivity contribution < 1.29 is 8.78 Å². The van der Waals surface area contributed by atoms with Crippen molar-refractivity contribution in [1.82, 2.24) is 24.3 Å². The summed E-state index contributed by atoms with van der Waals surface area (Å²) in [6.45, 7) is 2.54. The molecule has 4 heterocycles. The van der Waals surface area contributed by atoms with Crippen LogP contribution in [0.3, 0.4) is 0 Å². The van der Waals surface area contributed by atoms with Gasteiger partial charge in [-0.25, -0.2) is 28.7 Å². The maximum Gasteiger partial charge on any atom is 0.281 e. The van der Waals surface area contributed by atoms with Gasteiger partial charge in [0.2, 0.25) is 0 Å². The number of aromatic nitrogens is 5. The largest absolute Gasteiger partial charge is 0.356 e. The van der Waals surface area contributed by atoms with Crippen LogP contribution in [0.2, 0.25) is 0 Å². The standard InChI is InChI=1S/C18H21F2N7/c19-17(20)13-11-27-14(8-24-16(27)9-23-13)18-22-6-4-15(25-18)26-7-1-2-12(10-26)3-5-21/h4,6,8-9,11-12,17H,1-3,5,7,10,21H2. The Hall–Kier alpha value is -2.68. The van der Waals surface area contributed by atoms with E-state index in [4.69, 9.17) is 5.73 Å². The molecule has 1 aliphatic rings. The summed E-state index contributed by atoms with van der Waals surface area (Å²) in [7, 11) is 0.